The highest BCUT2D eigenvalue weighted by atomic mass is 16.6. The van der Waals surface area contributed by atoms with E-state index in [2.05, 4.69) is 18.2 Å². The van der Waals surface area contributed by atoms with Crippen molar-refractivity contribution in [3.63, 3.8) is 0 Å². The topological polar surface area (TPSA) is 65.1 Å². The summed E-state index contributed by atoms with van der Waals surface area (Å²) in [5.41, 5.74) is -0.0972. The molecule has 0 spiro atoms. The van der Waals surface area contributed by atoms with Crippen LogP contribution in [0.3, 0.4) is 0 Å². The quantitative estimate of drug-likeness (QED) is 0.408. The second kappa shape index (κ2) is 8.04. The van der Waals surface area contributed by atoms with Crippen LogP contribution in [0, 0.1) is 0 Å². The molecule has 5 heteroatoms. The minimum absolute atomic E-state index is 0.0972. The third-order valence-corrected chi connectivity index (χ3v) is 3.30. The molecule has 1 aliphatic heterocycles. The Hall–Kier alpha value is -1.36. The highest BCUT2D eigenvalue weighted by Crippen LogP contribution is 2.43. The maximum atomic E-state index is 10.8. The van der Waals surface area contributed by atoms with Gasteiger partial charge >= 0.3 is 11.9 Å². The summed E-state index contributed by atoms with van der Waals surface area (Å²) < 4.78 is 14.5. The average molecular weight is 284 g/mol. The summed E-state index contributed by atoms with van der Waals surface area (Å²) in [4.78, 5) is 21.3. The molecule has 0 aromatic rings. The summed E-state index contributed by atoms with van der Waals surface area (Å²) in [6, 6.07) is 0. The van der Waals surface area contributed by atoms with Gasteiger partial charge in [-0.25, -0.2) is 4.79 Å². The number of epoxide rings is 1. The van der Waals surface area contributed by atoms with E-state index in [1.165, 1.54) is 13.2 Å². The Kier molecular flexibility index (Phi) is 6.71. The van der Waals surface area contributed by atoms with Crippen LogP contribution in [-0.2, 0) is 23.8 Å². The first-order chi connectivity index (χ1) is 9.55. The molecule has 1 unspecified atom stereocenters. The van der Waals surface area contributed by atoms with Crippen LogP contribution in [0.2, 0.25) is 0 Å². The van der Waals surface area contributed by atoms with E-state index in [4.69, 9.17) is 9.47 Å². The van der Waals surface area contributed by atoms with Gasteiger partial charge in [0, 0.05) is 12.5 Å². The molecule has 0 amide bonds. The van der Waals surface area contributed by atoms with E-state index in [0.717, 1.165) is 38.7 Å². The van der Waals surface area contributed by atoms with Gasteiger partial charge in [0.1, 0.15) is 5.60 Å². The zero-order chi connectivity index (χ0) is 15.0. The van der Waals surface area contributed by atoms with E-state index in [0.29, 0.717) is 12.5 Å². The van der Waals surface area contributed by atoms with E-state index in [1.807, 2.05) is 0 Å². The molecule has 0 bridgehead atoms. The highest BCUT2D eigenvalue weighted by Gasteiger charge is 2.45. The monoisotopic (exact) mass is 284 g/mol. The van der Waals surface area contributed by atoms with Crippen molar-refractivity contribution in [2.75, 3.05) is 13.7 Å². The molecule has 0 N–H and O–H groups in total. The summed E-state index contributed by atoms with van der Waals surface area (Å²) in [7, 11) is 1.40. The summed E-state index contributed by atoms with van der Waals surface area (Å²) in [5, 5.41) is 0. The standard InChI is InChI=1S/C9H14O2.C6H10O3/c1-3-5-9(6-7-9)11-8(10)4-2;1-8-6(7)3-2-5-4-9-5/h4H,2-3,5-7H2,1H3;5H,2-4H2,1H3. The molecule has 1 aliphatic carbocycles. The summed E-state index contributed by atoms with van der Waals surface area (Å²) in [6.07, 6.45) is 6.99. The first-order valence-electron chi connectivity index (χ1n) is 7.09. The number of rotatable bonds is 7. The lowest BCUT2D eigenvalue weighted by Crippen LogP contribution is -2.17. The maximum absolute atomic E-state index is 10.8. The molecular formula is C15H24O5. The van der Waals surface area contributed by atoms with Crippen molar-refractivity contribution >= 4 is 11.9 Å². The van der Waals surface area contributed by atoms with Crippen LogP contribution in [0.5, 0.6) is 0 Å². The Balaban J connectivity index is 0.000000204. The van der Waals surface area contributed by atoms with Crippen molar-refractivity contribution in [3.8, 4) is 0 Å². The van der Waals surface area contributed by atoms with E-state index in [1.54, 1.807) is 0 Å². The third-order valence-electron chi connectivity index (χ3n) is 3.30. The van der Waals surface area contributed by atoms with Crippen molar-refractivity contribution < 1.29 is 23.8 Å². The number of carbonyl (C=O) groups is 2. The van der Waals surface area contributed by atoms with Gasteiger partial charge in [-0.1, -0.05) is 19.9 Å². The van der Waals surface area contributed by atoms with Gasteiger partial charge in [-0.15, -0.1) is 0 Å². The minimum atomic E-state index is -0.282. The maximum Gasteiger partial charge on any atom is 0.330 e. The smallest absolute Gasteiger partial charge is 0.330 e. The third kappa shape index (κ3) is 6.70. The van der Waals surface area contributed by atoms with Crippen LogP contribution in [-0.4, -0.2) is 37.4 Å². The van der Waals surface area contributed by atoms with Crippen LogP contribution in [0.15, 0.2) is 12.7 Å². The molecule has 1 heterocycles. The summed E-state index contributed by atoms with van der Waals surface area (Å²) in [6.45, 7) is 6.27. The molecule has 0 aromatic heterocycles. The molecule has 20 heavy (non-hydrogen) atoms. The SMILES string of the molecule is C=CC(=O)OC1(CCC)CC1.COC(=O)CCC1CO1. The molecule has 1 atom stereocenters. The average Bonchev–Trinajstić information content (AvgIpc) is 3.34. The van der Waals surface area contributed by atoms with Crippen LogP contribution in [0.25, 0.3) is 0 Å². The Morgan fingerprint density at radius 2 is 2.10 bits per heavy atom. The van der Waals surface area contributed by atoms with Crippen molar-refractivity contribution in [2.45, 2.75) is 57.2 Å². The Morgan fingerprint density at radius 1 is 1.45 bits per heavy atom. The van der Waals surface area contributed by atoms with E-state index < -0.39 is 0 Å². The molecule has 0 aromatic carbocycles. The molecule has 1 saturated carbocycles. The first-order valence-corrected chi connectivity index (χ1v) is 7.09. The van der Waals surface area contributed by atoms with Crippen molar-refractivity contribution in [3.05, 3.63) is 12.7 Å². The van der Waals surface area contributed by atoms with Gasteiger partial charge in [0.05, 0.1) is 19.8 Å². The summed E-state index contributed by atoms with van der Waals surface area (Å²) in [5.74, 6) is -0.429. The molecule has 2 aliphatic rings. The van der Waals surface area contributed by atoms with Crippen molar-refractivity contribution in [2.24, 2.45) is 0 Å². The second-order valence-electron chi connectivity index (χ2n) is 5.13. The molecule has 0 radical (unpaired) electrons. The van der Waals surface area contributed by atoms with E-state index in [9.17, 15) is 9.59 Å². The molecular weight excluding hydrogens is 260 g/mol. The Bertz CT molecular complexity index is 342. The number of carbonyl (C=O) groups excluding carboxylic acids is 2. The number of hydrogen-bond donors (Lipinski definition) is 0. The molecule has 2 rings (SSSR count). The lowest BCUT2D eigenvalue weighted by Gasteiger charge is -2.13. The summed E-state index contributed by atoms with van der Waals surface area (Å²) >= 11 is 0. The Morgan fingerprint density at radius 3 is 2.50 bits per heavy atom. The number of methoxy groups -OCH3 is 1. The minimum Gasteiger partial charge on any atom is -0.469 e. The van der Waals surface area contributed by atoms with Gasteiger partial charge in [0.15, 0.2) is 0 Å². The van der Waals surface area contributed by atoms with Gasteiger partial charge in [0.25, 0.3) is 0 Å². The zero-order valence-electron chi connectivity index (χ0n) is 12.4. The van der Waals surface area contributed by atoms with Crippen molar-refractivity contribution in [1.29, 1.82) is 0 Å². The number of hydrogen-bond acceptors (Lipinski definition) is 5. The van der Waals surface area contributed by atoms with Crippen LogP contribution in [0.1, 0.15) is 45.4 Å². The molecule has 114 valence electrons. The van der Waals surface area contributed by atoms with Gasteiger partial charge in [-0.3, -0.25) is 4.79 Å². The largest absolute Gasteiger partial charge is 0.469 e. The highest BCUT2D eigenvalue weighted by molar-refractivity contribution is 5.81. The lowest BCUT2D eigenvalue weighted by atomic mass is 10.2. The predicted octanol–water partition coefficient (Wildman–Crippen LogP) is 2.39. The number of esters is 2. The molecule has 5 nitrogen and oxygen atoms in total. The molecule has 1 saturated heterocycles. The van der Waals surface area contributed by atoms with Crippen LogP contribution >= 0.6 is 0 Å². The fourth-order valence-corrected chi connectivity index (χ4v) is 1.87. The predicted molar refractivity (Wildman–Crippen MR) is 74.2 cm³/mol. The van der Waals surface area contributed by atoms with Crippen LogP contribution in [0.4, 0.5) is 0 Å². The zero-order valence-corrected chi connectivity index (χ0v) is 12.4. The van der Waals surface area contributed by atoms with Crippen LogP contribution < -0.4 is 0 Å². The van der Waals surface area contributed by atoms with E-state index >= 15 is 0 Å². The fourth-order valence-electron chi connectivity index (χ4n) is 1.87. The van der Waals surface area contributed by atoms with Crippen molar-refractivity contribution in [1.82, 2.24) is 0 Å². The van der Waals surface area contributed by atoms with Gasteiger partial charge in [-0.2, -0.15) is 0 Å². The Labute approximate surface area is 120 Å². The van der Waals surface area contributed by atoms with E-state index in [-0.39, 0.29) is 17.5 Å². The first kappa shape index (κ1) is 16.7. The lowest BCUT2D eigenvalue weighted by molar-refractivity contribution is -0.145. The second-order valence-corrected chi connectivity index (χ2v) is 5.13. The normalized spacial score (nSPS) is 21.0. The molecule has 2 fully saturated rings. The fraction of sp³-hybridized carbons (Fsp3) is 0.733. The van der Waals surface area contributed by atoms with Gasteiger partial charge in [-0.05, 0) is 25.7 Å². The number of ether oxygens (including phenoxy) is 3. The van der Waals surface area contributed by atoms with Gasteiger partial charge < -0.3 is 14.2 Å². The van der Waals surface area contributed by atoms with Gasteiger partial charge in [0.2, 0.25) is 0 Å².